The summed E-state index contributed by atoms with van der Waals surface area (Å²) in [6.07, 6.45) is 38.4. The molecule has 31 heavy (non-hydrogen) atoms. The van der Waals surface area contributed by atoms with E-state index < -0.39 is 0 Å². The van der Waals surface area contributed by atoms with Crippen molar-refractivity contribution in [2.24, 2.45) is 5.73 Å². The summed E-state index contributed by atoms with van der Waals surface area (Å²) < 4.78 is 0. The van der Waals surface area contributed by atoms with Crippen LogP contribution in [0.5, 0.6) is 0 Å². The molecule has 0 radical (unpaired) electrons. The summed E-state index contributed by atoms with van der Waals surface area (Å²) in [6, 6.07) is 0.469. The summed E-state index contributed by atoms with van der Waals surface area (Å²) in [7, 11) is 0. The number of hydrogen-bond acceptors (Lipinski definition) is 1. The molecule has 1 unspecified atom stereocenters. The molecule has 2 N–H and O–H groups in total. The van der Waals surface area contributed by atoms with Gasteiger partial charge in [-0.1, -0.05) is 174 Å². The van der Waals surface area contributed by atoms with E-state index in [0.29, 0.717) is 6.04 Å². The van der Waals surface area contributed by atoms with Crippen molar-refractivity contribution in [3.63, 3.8) is 0 Å². The van der Waals surface area contributed by atoms with Crippen LogP contribution in [0.25, 0.3) is 0 Å². The molecule has 0 aromatic heterocycles. The summed E-state index contributed by atoms with van der Waals surface area (Å²) in [5, 5.41) is 0. The molecule has 1 nitrogen and oxygen atoms in total. The average molecular weight is 438 g/mol. The van der Waals surface area contributed by atoms with Crippen molar-refractivity contribution >= 4 is 0 Å². The Bertz CT molecular complexity index is 301. The van der Waals surface area contributed by atoms with Gasteiger partial charge in [-0.3, -0.25) is 0 Å². The van der Waals surface area contributed by atoms with Gasteiger partial charge < -0.3 is 5.73 Å². The lowest BCUT2D eigenvalue weighted by molar-refractivity contribution is 0.478. The molecule has 0 aliphatic heterocycles. The Kier molecular flexibility index (Phi) is 28.0. The van der Waals surface area contributed by atoms with Crippen molar-refractivity contribution in [1.82, 2.24) is 0 Å². The Hall–Kier alpha value is -0.0400. The molecule has 0 saturated heterocycles. The molecular weight excluding hydrogens is 374 g/mol. The van der Waals surface area contributed by atoms with Crippen LogP contribution in [0.1, 0.15) is 187 Å². The topological polar surface area (TPSA) is 26.0 Å². The molecule has 0 saturated carbocycles. The molecule has 0 fully saturated rings. The Balaban J connectivity index is 3.11. The van der Waals surface area contributed by atoms with E-state index >= 15 is 0 Å². The SMILES string of the molecule is CCCCCCCCCCCCCCCCCCCC(N)CCCCCCCCCC. The average Bonchev–Trinajstić information content (AvgIpc) is 2.77. The Morgan fingerprint density at radius 2 is 0.516 bits per heavy atom. The predicted octanol–water partition coefficient (Wildman–Crippen LogP) is 10.9. The predicted molar refractivity (Wildman–Crippen MR) is 144 cm³/mol. The lowest BCUT2D eigenvalue weighted by Gasteiger charge is -2.11. The molecule has 0 aliphatic rings. The van der Waals surface area contributed by atoms with Crippen molar-refractivity contribution < 1.29 is 0 Å². The highest BCUT2D eigenvalue weighted by molar-refractivity contribution is 4.62. The summed E-state index contributed by atoms with van der Waals surface area (Å²) in [5.74, 6) is 0. The third kappa shape index (κ3) is 27.9. The number of rotatable bonds is 27. The summed E-state index contributed by atoms with van der Waals surface area (Å²) in [6.45, 7) is 4.59. The molecule has 1 heteroatoms. The monoisotopic (exact) mass is 437 g/mol. The third-order valence-corrected chi connectivity index (χ3v) is 7.11. The minimum Gasteiger partial charge on any atom is -0.328 e. The van der Waals surface area contributed by atoms with Gasteiger partial charge in [-0.15, -0.1) is 0 Å². The zero-order valence-corrected chi connectivity index (χ0v) is 22.2. The van der Waals surface area contributed by atoms with Gasteiger partial charge in [0.1, 0.15) is 0 Å². The molecule has 0 amide bonds. The van der Waals surface area contributed by atoms with Crippen LogP contribution in [0.4, 0.5) is 0 Å². The lowest BCUT2D eigenvalue weighted by Crippen LogP contribution is -2.19. The maximum Gasteiger partial charge on any atom is 0.00388 e. The summed E-state index contributed by atoms with van der Waals surface area (Å²) in [5.41, 5.74) is 6.32. The number of hydrogen-bond donors (Lipinski definition) is 1. The second-order valence-corrected chi connectivity index (χ2v) is 10.5. The minimum atomic E-state index is 0.469. The quantitative estimate of drug-likeness (QED) is 0.127. The molecule has 0 aliphatic carbocycles. The number of unbranched alkanes of at least 4 members (excludes halogenated alkanes) is 23. The lowest BCUT2D eigenvalue weighted by atomic mass is 10.00. The number of nitrogens with two attached hydrogens (primary N) is 1. The zero-order chi connectivity index (χ0) is 22.7. The largest absolute Gasteiger partial charge is 0.328 e. The van der Waals surface area contributed by atoms with Gasteiger partial charge in [-0.05, 0) is 12.8 Å². The van der Waals surface area contributed by atoms with Crippen LogP contribution >= 0.6 is 0 Å². The normalized spacial score (nSPS) is 12.5. The molecular formula is C30H63N. The van der Waals surface area contributed by atoms with E-state index in [-0.39, 0.29) is 0 Å². The van der Waals surface area contributed by atoms with E-state index in [1.165, 1.54) is 173 Å². The fourth-order valence-electron chi connectivity index (χ4n) is 4.82. The van der Waals surface area contributed by atoms with Gasteiger partial charge in [0.2, 0.25) is 0 Å². The standard InChI is InChI=1S/C30H63N/c1-3-5-7-9-11-13-14-15-16-17-18-19-20-21-23-25-27-29-30(31)28-26-24-22-12-10-8-6-4-2/h30H,3-29,31H2,1-2H3. The summed E-state index contributed by atoms with van der Waals surface area (Å²) >= 11 is 0. The van der Waals surface area contributed by atoms with Gasteiger partial charge in [-0.25, -0.2) is 0 Å². The van der Waals surface area contributed by atoms with E-state index in [0.717, 1.165) is 0 Å². The van der Waals surface area contributed by atoms with Crippen LogP contribution in [-0.4, -0.2) is 6.04 Å². The third-order valence-electron chi connectivity index (χ3n) is 7.11. The molecule has 0 aromatic rings. The van der Waals surface area contributed by atoms with Gasteiger partial charge in [0.15, 0.2) is 0 Å². The highest BCUT2D eigenvalue weighted by Gasteiger charge is 2.02. The van der Waals surface area contributed by atoms with Crippen molar-refractivity contribution in [2.45, 2.75) is 193 Å². The van der Waals surface area contributed by atoms with Gasteiger partial charge >= 0.3 is 0 Å². The van der Waals surface area contributed by atoms with E-state index in [9.17, 15) is 0 Å². The van der Waals surface area contributed by atoms with Crippen LogP contribution in [-0.2, 0) is 0 Å². The van der Waals surface area contributed by atoms with Crippen molar-refractivity contribution in [3.05, 3.63) is 0 Å². The Labute approximate surface area is 199 Å². The van der Waals surface area contributed by atoms with E-state index in [1.807, 2.05) is 0 Å². The van der Waals surface area contributed by atoms with E-state index in [2.05, 4.69) is 13.8 Å². The van der Waals surface area contributed by atoms with Gasteiger partial charge in [0, 0.05) is 6.04 Å². The highest BCUT2D eigenvalue weighted by Crippen LogP contribution is 2.16. The highest BCUT2D eigenvalue weighted by atomic mass is 14.6. The molecule has 0 bridgehead atoms. The maximum atomic E-state index is 6.32. The fraction of sp³-hybridized carbons (Fsp3) is 1.00. The summed E-state index contributed by atoms with van der Waals surface area (Å²) in [4.78, 5) is 0. The van der Waals surface area contributed by atoms with Crippen molar-refractivity contribution in [1.29, 1.82) is 0 Å². The first kappa shape index (κ1) is 31.0. The molecule has 188 valence electrons. The first-order valence-corrected chi connectivity index (χ1v) is 15.1. The van der Waals surface area contributed by atoms with Crippen LogP contribution < -0.4 is 5.73 Å². The van der Waals surface area contributed by atoms with Gasteiger partial charge in [0.05, 0.1) is 0 Å². The first-order valence-electron chi connectivity index (χ1n) is 15.1. The molecule has 1 atom stereocenters. The van der Waals surface area contributed by atoms with Crippen molar-refractivity contribution in [3.8, 4) is 0 Å². The van der Waals surface area contributed by atoms with Crippen molar-refractivity contribution in [2.75, 3.05) is 0 Å². The van der Waals surface area contributed by atoms with Crippen LogP contribution in [0.2, 0.25) is 0 Å². The zero-order valence-electron chi connectivity index (χ0n) is 22.2. The molecule has 0 rings (SSSR count). The molecule has 0 aromatic carbocycles. The molecule has 0 heterocycles. The fourth-order valence-corrected chi connectivity index (χ4v) is 4.82. The Morgan fingerprint density at radius 1 is 0.323 bits per heavy atom. The van der Waals surface area contributed by atoms with E-state index in [4.69, 9.17) is 5.73 Å². The maximum absolute atomic E-state index is 6.32. The van der Waals surface area contributed by atoms with Crippen LogP contribution in [0, 0.1) is 0 Å². The van der Waals surface area contributed by atoms with Crippen LogP contribution in [0.15, 0.2) is 0 Å². The Morgan fingerprint density at radius 3 is 0.742 bits per heavy atom. The minimum absolute atomic E-state index is 0.469. The van der Waals surface area contributed by atoms with Crippen LogP contribution in [0.3, 0.4) is 0 Å². The second-order valence-electron chi connectivity index (χ2n) is 10.5. The van der Waals surface area contributed by atoms with Gasteiger partial charge in [-0.2, -0.15) is 0 Å². The second kappa shape index (κ2) is 28.0. The first-order chi connectivity index (χ1) is 15.3. The van der Waals surface area contributed by atoms with E-state index in [1.54, 1.807) is 0 Å². The molecule has 0 spiro atoms. The smallest absolute Gasteiger partial charge is 0.00388 e. The van der Waals surface area contributed by atoms with Gasteiger partial charge in [0.25, 0.3) is 0 Å².